The maximum atomic E-state index is 12.3. The molecule has 1 amide bonds. The molecule has 1 aromatic rings. The molecule has 2 rings (SSSR count). The number of furan rings is 1. The van der Waals surface area contributed by atoms with Crippen molar-refractivity contribution in [3.05, 3.63) is 17.9 Å². The Morgan fingerprint density at radius 1 is 1.42 bits per heavy atom. The van der Waals surface area contributed by atoms with Crippen LogP contribution in [-0.2, 0) is 4.79 Å². The average molecular weight is 283 g/mol. The largest absolute Gasteiger partial charge is 0.481 e. The van der Waals surface area contributed by atoms with Crippen molar-refractivity contribution in [2.75, 3.05) is 12.8 Å². The van der Waals surface area contributed by atoms with E-state index in [1.54, 1.807) is 17.0 Å². The number of carboxylic acids is 1. The first-order chi connectivity index (χ1) is 9.02. The third-order valence-corrected chi connectivity index (χ3v) is 4.11. The highest BCUT2D eigenvalue weighted by Crippen LogP contribution is 2.25. The molecule has 104 valence electrons. The number of carboxylic acid groups (broad SMARTS) is 1. The molecule has 6 heteroatoms. The topological polar surface area (TPSA) is 70.8 Å². The Labute approximate surface area is 116 Å². The minimum absolute atomic E-state index is 0.0472. The van der Waals surface area contributed by atoms with Crippen molar-refractivity contribution in [2.24, 2.45) is 5.92 Å². The molecule has 0 spiro atoms. The van der Waals surface area contributed by atoms with E-state index < -0.39 is 11.9 Å². The van der Waals surface area contributed by atoms with Gasteiger partial charge < -0.3 is 14.4 Å². The van der Waals surface area contributed by atoms with Crippen LogP contribution in [-0.4, -0.2) is 40.7 Å². The van der Waals surface area contributed by atoms with Crippen molar-refractivity contribution in [1.29, 1.82) is 0 Å². The van der Waals surface area contributed by atoms with Crippen LogP contribution in [0.3, 0.4) is 0 Å². The van der Waals surface area contributed by atoms with Gasteiger partial charge in [0.05, 0.1) is 5.92 Å². The normalized spacial score (nSPS) is 23.4. The van der Waals surface area contributed by atoms with Crippen LogP contribution < -0.4 is 0 Å². The highest BCUT2D eigenvalue weighted by Gasteiger charge is 2.33. The molecular formula is C13H17NO4S. The van der Waals surface area contributed by atoms with Crippen LogP contribution >= 0.6 is 11.8 Å². The standard InChI is InChI=1S/C13H17NO4S/c1-8-3-4-9(13(16)17)7-14(8)12(15)10-5-6-11(18-10)19-2/h5-6,8-9H,3-4,7H2,1-2H3,(H,16,17). The van der Waals surface area contributed by atoms with Gasteiger partial charge in [0.25, 0.3) is 5.91 Å². The van der Waals surface area contributed by atoms with Crippen LogP contribution in [0, 0.1) is 5.92 Å². The average Bonchev–Trinajstić information content (AvgIpc) is 2.87. The molecule has 19 heavy (non-hydrogen) atoms. The lowest BCUT2D eigenvalue weighted by atomic mass is 9.93. The Bertz CT molecular complexity index is 485. The zero-order valence-corrected chi connectivity index (χ0v) is 11.8. The van der Waals surface area contributed by atoms with Crippen LogP contribution in [0.1, 0.15) is 30.3 Å². The summed E-state index contributed by atoms with van der Waals surface area (Å²) in [6, 6.07) is 3.44. The minimum Gasteiger partial charge on any atom is -0.481 e. The first kappa shape index (κ1) is 14.0. The molecule has 1 N–H and O–H groups in total. The van der Waals surface area contributed by atoms with Gasteiger partial charge in [0.1, 0.15) is 0 Å². The van der Waals surface area contributed by atoms with E-state index >= 15 is 0 Å². The van der Waals surface area contributed by atoms with Crippen molar-refractivity contribution in [3.8, 4) is 0 Å². The number of hydrogen-bond acceptors (Lipinski definition) is 4. The lowest BCUT2D eigenvalue weighted by Gasteiger charge is -2.35. The van der Waals surface area contributed by atoms with Crippen LogP contribution in [0.15, 0.2) is 21.6 Å². The zero-order chi connectivity index (χ0) is 14.0. The summed E-state index contributed by atoms with van der Waals surface area (Å²) in [5.74, 6) is -1.26. The fourth-order valence-electron chi connectivity index (χ4n) is 2.28. The van der Waals surface area contributed by atoms with Gasteiger partial charge in [-0.15, -0.1) is 0 Å². The van der Waals surface area contributed by atoms with E-state index in [0.29, 0.717) is 17.9 Å². The molecule has 0 bridgehead atoms. The zero-order valence-electron chi connectivity index (χ0n) is 11.0. The molecule has 0 saturated carbocycles. The van der Waals surface area contributed by atoms with E-state index in [-0.39, 0.29) is 24.3 Å². The molecule has 1 aliphatic rings. The van der Waals surface area contributed by atoms with Crippen LogP contribution in [0.4, 0.5) is 0 Å². The predicted molar refractivity (Wildman–Crippen MR) is 71.3 cm³/mol. The minimum atomic E-state index is -0.839. The van der Waals surface area contributed by atoms with E-state index in [4.69, 9.17) is 9.52 Å². The lowest BCUT2D eigenvalue weighted by molar-refractivity contribution is -0.143. The van der Waals surface area contributed by atoms with Gasteiger partial charge in [0.2, 0.25) is 0 Å². The SMILES string of the molecule is CSc1ccc(C(=O)N2CC(C(=O)O)CCC2C)o1. The van der Waals surface area contributed by atoms with Gasteiger partial charge in [-0.3, -0.25) is 9.59 Å². The van der Waals surface area contributed by atoms with Crippen LogP contribution in [0.25, 0.3) is 0 Å². The van der Waals surface area contributed by atoms with Gasteiger partial charge in [0, 0.05) is 12.6 Å². The Morgan fingerprint density at radius 2 is 2.16 bits per heavy atom. The molecule has 2 atom stereocenters. The third kappa shape index (κ3) is 2.94. The number of carbonyl (C=O) groups is 2. The molecule has 1 saturated heterocycles. The Kier molecular flexibility index (Phi) is 4.19. The number of carbonyl (C=O) groups excluding carboxylic acids is 1. The molecule has 1 aliphatic heterocycles. The summed E-state index contributed by atoms with van der Waals surface area (Å²) >= 11 is 1.43. The van der Waals surface area contributed by atoms with Gasteiger partial charge in [0.15, 0.2) is 10.9 Å². The first-order valence-corrected chi connectivity index (χ1v) is 7.43. The molecule has 2 heterocycles. The van der Waals surface area contributed by atoms with Crippen LogP contribution in [0.2, 0.25) is 0 Å². The summed E-state index contributed by atoms with van der Waals surface area (Å²) < 4.78 is 5.42. The Morgan fingerprint density at radius 3 is 2.74 bits per heavy atom. The van der Waals surface area contributed by atoms with Crippen molar-refractivity contribution in [3.63, 3.8) is 0 Å². The van der Waals surface area contributed by atoms with Crippen molar-refractivity contribution in [1.82, 2.24) is 4.90 Å². The summed E-state index contributed by atoms with van der Waals surface area (Å²) in [6.07, 6.45) is 3.20. The van der Waals surface area contributed by atoms with Gasteiger partial charge in [-0.1, -0.05) is 11.8 Å². The highest BCUT2D eigenvalue weighted by molar-refractivity contribution is 7.98. The number of aliphatic carboxylic acids is 1. The second-order valence-corrected chi connectivity index (χ2v) is 5.55. The predicted octanol–water partition coefficient (Wildman–Crippen LogP) is 2.33. The third-order valence-electron chi connectivity index (χ3n) is 3.49. The van der Waals surface area contributed by atoms with E-state index in [1.165, 1.54) is 11.8 Å². The second-order valence-electron chi connectivity index (χ2n) is 4.74. The lowest BCUT2D eigenvalue weighted by Crippen LogP contribution is -2.47. The van der Waals surface area contributed by atoms with E-state index in [0.717, 1.165) is 0 Å². The first-order valence-electron chi connectivity index (χ1n) is 6.20. The van der Waals surface area contributed by atoms with Gasteiger partial charge in [-0.2, -0.15) is 0 Å². The number of likely N-dealkylation sites (tertiary alicyclic amines) is 1. The molecule has 1 aromatic heterocycles. The highest BCUT2D eigenvalue weighted by atomic mass is 32.2. The van der Waals surface area contributed by atoms with Gasteiger partial charge in [-0.05, 0) is 38.2 Å². The summed E-state index contributed by atoms with van der Waals surface area (Å²) in [7, 11) is 0. The number of piperidine rings is 1. The molecular weight excluding hydrogens is 266 g/mol. The number of rotatable bonds is 3. The Balaban J connectivity index is 2.14. The summed E-state index contributed by atoms with van der Waals surface area (Å²) in [6.45, 7) is 2.19. The number of amides is 1. The summed E-state index contributed by atoms with van der Waals surface area (Å²) in [5.41, 5.74) is 0. The Hall–Kier alpha value is -1.43. The fraction of sp³-hybridized carbons (Fsp3) is 0.538. The number of nitrogens with zero attached hydrogens (tertiary/aromatic N) is 1. The molecule has 0 aliphatic carbocycles. The molecule has 0 aromatic carbocycles. The van der Waals surface area contributed by atoms with E-state index in [2.05, 4.69) is 0 Å². The molecule has 2 unspecified atom stereocenters. The van der Waals surface area contributed by atoms with Gasteiger partial charge >= 0.3 is 5.97 Å². The maximum Gasteiger partial charge on any atom is 0.308 e. The number of hydrogen-bond donors (Lipinski definition) is 1. The molecule has 0 radical (unpaired) electrons. The maximum absolute atomic E-state index is 12.3. The monoisotopic (exact) mass is 283 g/mol. The van der Waals surface area contributed by atoms with Crippen molar-refractivity contribution in [2.45, 2.75) is 30.9 Å². The molecule has 1 fully saturated rings. The van der Waals surface area contributed by atoms with E-state index in [1.807, 2.05) is 13.2 Å². The fourth-order valence-corrected chi connectivity index (χ4v) is 2.66. The quantitative estimate of drug-likeness (QED) is 0.862. The van der Waals surface area contributed by atoms with Crippen LogP contribution in [0.5, 0.6) is 0 Å². The van der Waals surface area contributed by atoms with E-state index in [9.17, 15) is 9.59 Å². The molecule has 5 nitrogen and oxygen atoms in total. The van der Waals surface area contributed by atoms with Crippen molar-refractivity contribution < 1.29 is 19.1 Å². The van der Waals surface area contributed by atoms with Crippen molar-refractivity contribution >= 4 is 23.6 Å². The summed E-state index contributed by atoms with van der Waals surface area (Å²) in [5, 5.41) is 9.76. The summed E-state index contributed by atoms with van der Waals surface area (Å²) in [4.78, 5) is 25.0. The number of thioether (sulfide) groups is 1. The smallest absolute Gasteiger partial charge is 0.308 e. The van der Waals surface area contributed by atoms with Gasteiger partial charge in [-0.25, -0.2) is 0 Å². The second kappa shape index (κ2) is 5.69.